The Bertz CT molecular complexity index is 743. The number of nitrogens with one attached hydrogen (secondary N) is 2. The van der Waals surface area contributed by atoms with Crippen LogP contribution in [0.2, 0.25) is 0 Å². The topological polar surface area (TPSA) is 36.4 Å². The number of aliphatic imine (C=N–C) groups is 1. The molecule has 1 unspecified atom stereocenters. The van der Waals surface area contributed by atoms with Gasteiger partial charge in [-0.3, -0.25) is 0 Å². The van der Waals surface area contributed by atoms with Gasteiger partial charge in [0.05, 0.1) is 6.54 Å². The van der Waals surface area contributed by atoms with Gasteiger partial charge < -0.3 is 10.6 Å². The van der Waals surface area contributed by atoms with Crippen LogP contribution in [-0.4, -0.2) is 19.0 Å². The minimum Gasteiger partial charge on any atom is -0.357 e. The SMILES string of the molecule is CCNC(=NCc1cc(F)ccc1F)NCC1Cc2ccccc21. The van der Waals surface area contributed by atoms with Crippen LogP contribution in [0, 0.1) is 11.6 Å². The van der Waals surface area contributed by atoms with E-state index in [2.05, 4.69) is 39.9 Å². The smallest absolute Gasteiger partial charge is 0.191 e. The summed E-state index contributed by atoms with van der Waals surface area (Å²) in [4.78, 5) is 4.36. The van der Waals surface area contributed by atoms with Gasteiger partial charge in [-0.05, 0) is 42.7 Å². The van der Waals surface area contributed by atoms with Crippen LogP contribution in [0.25, 0.3) is 0 Å². The Kier molecular flexibility index (Phi) is 5.08. The van der Waals surface area contributed by atoms with E-state index < -0.39 is 11.6 Å². The largest absolute Gasteiger partial charge is 0.357 e. The molecule has 0 amide bonds. The first kappa shape index (κ1) is 16.4. The van der Waals surface area contributed by atoms with Gasteiger partial charge in [-0.2, -0.15) is 0 Å². The van der Waals surface area contributed by atoms with E-state index in [-0.39, 0.29) is 12.1 Å². The van der Waals surface area contributed by atoms with E-state index in [1.807, 2.05) is 6.92 Å². The molecule has 0 bridgehead atoms. The quantitative estimate of drug-likeness (QED) is 0.652. The molecule has 2 aromatic carbocycles. The highest BCUT2D eigenvalue weighted by Crippen LogP contribution is 2.33. The summed E-state index contributed by atoms with van der Waals surface area (Å²) in [5.41, 5.74) is 3.02. The maximum Gasteiger partial charge on any atom is 0.191 e. The fraction of sp³-hybridized carbons (Fsp3) is 0.316. The maximum absolute atomic E-state index is 13.7. The van der Waals surface area contributed by atoms with Gasteiger partial charge in [0.25, 0.3) is 0 Å². The first-order chi connectivity index (χ1) is 11.7. The van der Waals surface area contributed by atoms with E-state index in [1.54, 1.807) is 0 Å². The first-order valence-corrected chi connectivity index (χ1v) is 8.21. The van der Waals surface area contributed by atoms with Gasteiger partial charge in [-0.15, -0.1) is 0 Å². The zero-order valence-corrected chi connectivity index (χ0v) is 13.7. The third kappa shape index (κ3) is 3.72. The molecule has 5 heteroatoms. The minimum atomic E-state index is -0.453. The van der Waals surface area contributed by atoms with Gasteiger partial charge in [0, 0.05) is 24.6 Å². The summed E-state index contributed by atoms with van der Waals surface area (Å²) in [7, 11) is 0. The number of benzene rings is 2. The van der Waals surface area contributed by atoms with E-state index in [0.29, 0.717) is 18.4 Å². The van der Waals surface area contributed by atoms with Crippen molar-refractivity contribution < 1.29 is 8.78 Å². The van der Waals surface area contributed by atoms with Crippen LogP contribution in [0.15, 0.2) is 47.5 Å². The van der Waals surface area contributed by atoms with E-state index in [4.69, 9.17) is 0 Å². The predicted octanol–water partition coefficient (Wildman–Crippen LogP) is 3.36. The van der Waals surface area contributed by atoms with Crippen molar-refractivity contribution in [1.82, 2.24) is 10.6 Å². The van der Waals surface area contributed by atoms with Crippen molar-refractivity contribution in [2.45, 2.75) is 25.8 Å². The van der Waals surface area contributed by atoms with Crippen molar-refractivity contribution in [2.75, 3.05) is 13.1 Å². The second kappa shape index (κ2) is 7.43. The Labute approximate surface area is 140 Å². The fourth-order valence-corrected chi connectivity index (χ4v) is 2.94. The van der Waals surface area contributed by atoms with Gasteiger partial charge >= 0.3 is 0 Å². The number of hydrogen-bond acceptors (Lipinski definition) is 1. The van der Waals surface area contributed by atoms with Crippen LogP contribution in [0.3, 0.4) is 0 Å². The zero-order valence-electron chi connectivity index (χ0n) is 13.7. The average Bonchev–Trinajstić information content (AvgIpc) is 2.56. The number of hydrogen-bond donors (Lipinski definition) is 2. The van der Waals surface area contributed by atoms with Crippen LogP contribution in [0.1, 0.15) is 29.5 Å². The summed E-state index contributed by atoms with van der Waals surface area (Å²) in [6.45, 7) is 3.55. The maximum atomic E-state index is 13.7. The summed E-state index contributed by atoms with van der Waals surface area (Å²) in [5.74, 6) is 0.191. The molecule has 0 saturated carbocycles. The van der Waals surface area contributed by atoms with Crippen molar-refractivity contribution in [2.24, 2.45) is 4.99 Å². The van der Waals surface area contributed by atoms with Gasteiger partial charge in [-0.1, -0.05) is 24.3 Å². The highest BCUT2D eigenvalue weighted by Gasteiger charge is 2.25. The van der Waals surface area contributed by atoms with Crippen LogP contribution in [-0.2, 0) is 13.0 Å². The van der Waals surface area contributed by atoms with Gasteiger partial charge in [-0.25, -0.2) is 13.8 Å². The van der Waals surface area contributed by atoms with E-state index in [1.165, 1.54) is 17.2 Å². The van der Waals surface area contributed by atoms with E-state index in [0.717, 1.165) is 25.1 Å². The molecule has 126 valence electrons. The summed E-state index contributed by atoms with van der Waals surface area (Å²) in [5, 5.41) is 6.43. The number of guanidine groups is 1. The van der Waals surface area contributed by atoms with Gasteiger partial charge in [0.15, 0.2) is 5.96 Å². The van der Waals surface area contributed by atoms with Crippen LogP contribution in [0.5, 0.6) is 0 Å². The summed E-state index contributed by atoms with van der Waals surface area (Å²) >= 11 is 0. The van der Waals surface area contributed by atoms with Crippen molar-refractivity contribution in [3.05, 3.63) is 70.8 Å². The van der Waals surface area contributed by atoms with E-state index in [9.17, 15) is 8.78 Å². The second-order valence-electron chi connectivity index (χ2n) is 5.91. The second-order valence-corrected chi connectivity index (χ2v) is 5.91. The number of halogens is 2. The fourth-order valence-electron chi connectivity index (χ4n) is 2.94. The molecule has 0 fully saturated rings. The standard InChI is InChI=1S/C19H21F2N3/c1-2-22-19(24-12-15-10-16(20)7-8-18(15)21)23-11-14-9-13-5-3-4-6-17(13)14/h3-8,10,14H,2,9,11-12H2,1H3,(H2,22,23,24). The number of rotatable bonds is 5. The molecule has 0 heterocycles. The molecule has 1 atom stereocenters. The Morgan fingerprint density at radius 2 is 2.00 bits per heavy atom. The average molecular weight is 329 g/mol. The van der Waals surface area contributed by atoms with Gasteiger partial charge in [0.1, 0.15) is 11.6 Å². The van der Waals surface area contributed by atoms with Crippen LogP contribution >= 0.6 is 0 Å². The molecule has 0 radical (unpaired) electrons. The monoisotopic (exact) mass is 329 g/mol. The highest BCUT2D eigenvalue weighted by molar-refractivity contribution is 5.79. The first-order valence-electron chi connectivity index (χ1n) is 8.21. The lowest BCUT2D eigenvalue weighted by atomic mass is 9.78. The minimum absolute atomic E-state index is 0.0974. The lowest BCUT2D eigenvalue weighted by molar-refractivity contribution is 0.579. The molecule has 0 saturated heterocycles. The third-order valence-corrected chi connectivity index (χ3v) is 4.24. The Morgan fingerprint density at radius 3 is 2.79 bits per heavy atom. The third-order valence-electron chi connectivity index (χ3n) is 4.24. The van der Waals surface area contributed by atoms with Gasteiger partial charge in [0.2, 0.25) is 0 Å². The van der Waals surface area contributed by atoms with Crippen molar-refractivity contribution in [1.29, 1.82) is 0 Å². The zero-order chi connectivity index (χ0) is 16.9. The predicted molar refractivity (Wildman–Crippen MR) is 92.1 cm³/mol. The molecule has 2 N–H and O–H groups in total. The van der Waals surface area contributed by atoms with Crippen LogP contribution < -0.4 is 10.6 Å². The Morgan fingerprint density at radius 1 is 1.17 bits per heavy atom. The Hall–Kier alpha value is -2.43. The molecular formula is C19H21F2N3. The van der Waals surface area contributed by atoms with E-state index >= 15 is 0 Å². The summed E-state index contributed by atoms with van der Waals surface area (Å²) < 4.78 is 26.9. The summed E-state index contributed by atoms with van der Waals surface area (Å²) in [6, 6.07) is 11.8. The van der Waals surface area contributed by atoms with Crippen molar-refractivity contribution >= 4 is 5.96 Å². The molecule has 3 nitrogen and oxygen atoms in total. The molecular weight excluding hydrogens is 308 g/mol. The molecule has 1 aliphatic carbocycles. The number of fused-ring (bicyclic) bond motifs is 1. The molecule has 0 spiro atoms. The molecule has 24 heavy (non-hydrogen) atoms. The summed E-state index contributed by atoms with van der Waals surface area (Å²) in [6.07, 6.45) is 1.06. The molecule has 0 aromatic heterocycles. The van der Waals surface area contributed by atoms with Crippen LogP contribution in [0.4, 0.5) is 8.78 Å². The lowest BCUT2D eigenvalue weighted by Crippen LogP contribution is -2.41. The van der Waals surface area contributed by atoms with Crippen molar-refractivity contribution in [3.63, 3.8) is 0 Å². The lowest BCUT2D eigenvalue weighted by Gasteiger charge is -2.30. The molecule has 3 rings (SSSR count). The number of nitrogens with zero attached hydrogens (tertiary/aromatic N) is 1. The highest BCUT2D eigenvalue weighted by atomic mass is 19.1. The molecule has 0 aliphatic heterocycles. The molecule has 2 aromatic rings. The van der Waals surface area contributed by atoms with Crippen molar-refractivity contribution in [3.8, 4) is 0 Å². The Balaban J connectivity index is 1.61. The normalized spacial score (nSPS) is 16.3. The molecule has 1 aliphatic rings.